The SMILES string of the molecule is COc1ccc(-c2noc(CNc3ccc(Br)c(C)c3)n2)cc1OC. The Bertz CT molecular complexity index is 880. The van der Waals surface area contributed by atoms with Crippen molar-refractivity contribution in [3.05, 3.63) is 52.3 Å². The van der Waals surface area contributed by atoms with Gasteiger partial charge in [0.25, 0.3) is 0 Å². The Morgan fingerprint density at radius 1 is 1.08 bits per heavy atom. The second-order valence-corrected chi connectivity index (χ2v) is 6.25. The first-order valence-corrected chi connectivity index (χ1v) is 8.45. The Balaban J connectivity index is 1.73. The van der Waals surface area contributed by atoms with Gasteiger partial charge >= 0.3 is 0 Å². The van der Waals surface area contributed by atoms with E-state index in [9.17, 15) is 0 Å². The first kappa shape index (κ1) is 17.3. The molecule has 3 rings (SSSR count). The standard InChI is InChI=1S/C18H18BrN3O3/c1-11-8-13(5-6-14(11)19)20-10-17-21-18(22-25-17)12-4-7-15(23-2)16(9-12)24-3/h4-9,20H,10H2,1-3H3. The lowest BCUT2D eigenvalue weighted by molar-refractivity contribution is 0.355. The molecule has 0 aliphatic rings. The smallest absolute Gasteiger partial charge is 0.246 e. The minimum absolute atomic E-state index is 0.446. The number of nitrogens with one attached hydrogen (secondary N) is 1. The molecule has 25 heavy (non-hydrogen) atoms. The fraction of sp³-hybridized carbons (Fsp3) is 0.222. The van der Waals surface area contributed by atoms with Gasteiger partial charge in [0.15, 0.2) is 11.5 Å². The van der Waals surface area contributed by atoms with Crippen LogP contribution in [0.3, 0.4) is 0 Å². The molecule has 1 heterocycles. The lowest BCUT2D eigenvalue weighted by Gasteiger charge is -2.07. The number of benzene rings is 2. The third kappa shape index (κ3) is 3.93. The summed E-state index contributed by atoms with van der Waals surface area (Å²) in [5, 5.41) is 7.30. The van der Waals surface area contributed by atoms with Gasteiger partial charge in [-0.05, 0) is 48.9 Å². The quantitative estimate of drug-likeness (QED) is 0.655. The van der Waals surface area contributed by atoms with Crippen molar-refractivity contribution in [2.75, 3.05) is 19.5 Å². The number of aryl methyl sites for hydroxylation is 1. The summed E-state index contributed by atoms with van der Waals surface area (Å²) >= 11 is 3.49. The molecule has 0 bridgehead atoms. The number of ether oxygens (including phenoxy) is 2. The van der Waals surface area contributed by atoms with Gasteiger partial charge in [-0.1, -0.05) is 21.1 Å². The highest BCUT2D eigenvalue weighted by Gasteiger charge is 2.12. The van der Waals surface area contributed by atoms with Crippen LogP contribution in [-0.2, 0) is 6.54 Å². The molecule has 0 unspecified atom stereocenters. The Morgan fingerprint density at radius 2 is 1.88 bits per heavy atom. The van der Waals surface area contributed by atoms with Gasteiger partial charge in [0.1, 0.15) is 0 Å². The molecular formula is C18H18BrN3O3. The minimum atomic E-state index is 0.446. The van der Waals surface area contributed by atoms with E-state index >= 15 is 0 Å². The lowest BCUT2D eigenvalue weighted by atomic mass is 10.2. The van der Waals surface area contributed by atoms with Crippen molar-refractivity contribution in [1.82, 2.24) is 10.1 Å². The molecule has 0 atom stereocenters. The van der Waals surface area contributed by atoms with Crippen LogP contribution in [0.25, 0.3) is 11.4 Å². The maximum absolute atomic E-state index is 5.32. The fourth-order valence-corrected chi connectivity index (χ4v) is 2.60. The summed E-state index contributed by atoms with van der Waals surface area (Å²) in [6.07, 6.45) is 0. The van der Waals surface area contributed by atoms with Crippen LogP contribution in [-0.4, -0.2) is 24.4 Å². The monoisotopic (exact) mass is 403 g/mol. The number of methoxy groups -OCH3 is 2. The van der Waals surface area contributed by atoms with Gasteiger partial charge in [0.05, 0.1) is 20.8 Å². The molecule has 0 aliphatic heterocycles. The summed E-state index contributed by atoms with van der Waals surface area (Å²) in [6.45, 7) is 2.48. The zero-order valence-corrected chi connectivity index (χ0v) is 15.8. The van der Waals surface area contributed by atoms with E-state index < -0.39 is 0 Å². The van der Waals surface area contributed by atoms with E-state index in [2.05, 4.69) is 37.5 Å². The second-order valence-electron chi connectivity index (χ2n) is 5.40. The first-order valence-electron chi connectivity index (χ1n) is 7.65. The van der Waals surface area contributed by atoms with E-state index in [0.29, 0.717) is 29.8 Å². The van der Waals surface area contributed by atoms with E-state index in [1.165, 1.54) is 0 Å². The maximum atomic E-state index is 5.32. The molecule has 0 amide bonds. The van der Waals surface area contributed by atoms with Crippen molar-refractivity contribution >= 4 is 21.6 Å². The molecule has 1 aromatic heterocycles. The lowest BCUT2D eigenvalue weighted by Crippen LogP contribution is -2.00. The van der Waals surface area contributed by atoms with Crippen LogP contribution >= 0.6 is 15.9 Å². The van der Waals surface area contributed by atoms with Gasteiger partial charge < -0.3 is 19.3 Å². The van der Waals surface area contributed by atoms with E-state index in [1.807, 2.05) is 37.3 Å². The molecule has 0 saturated carbocycles. The molecule has 7 heteroatoms. The van der Waals surface area contributed by atoms with E-state index in [1.54, 1.807) is 14.2 Å². The number of hydrogen-bond acceptors (Lipinski definition) is 6. The number of halogens is 1. The molecule has 130 valence electrons. The Labute approximate surface area is 154 Å². The largest absolute Gasteiger partial charge is 0.493 e. The Kier molecular flexibility index (Phi) is 5.23. The maximum Gasteiger partial charge on any atom is 0.246 e. The fourth-order valence-electron chi connectivity index (χ4n) is 2.35. The van der Waals surface area contributed by atoms with Crippen LogP contribution in [0.1, 0.15) is 11.5 Å². The topological polar surface area (TPSA) is 69.4 Å². The predicted octanol–water partition coefficient (Wildman–Crippen LogP) is 4.44. The Hall–Kier alpha value is -2.54. The van der Waals surface area contributed by atoms with Crippen LogP contribution in [0.4, 0.5) is 5.69 Å². The van der Waals surface area contributed by atoms with E-state index in [-0.39, 0.29) is 0 Å². The first-order chi connectivity index (χ1) is 12.1. The molecule has 0 radical (unpaired) electrons. The van der Waals surface area contributed by atoms with Gasteiger partial charge in [-0.3, -0.25) is 0 Å². The van der Waals surface area contributed by atoms with Gasteiger partial charge in [0.2, 0.25) is 11.7 Å². The normalized spacial score (nSPS) is 10.6. The summed E-state index contributed by atoms with van der Waals surface area (Å²) in [4.78, 5) is 4.42. The van der Waals surface area contributed by atoms with Gasteiger partial charge in [-0.2, -0.15) is 4.98 Å². The van der Waals surface area contributed by atoms with Crippen LogP contribution in [0, 0.1) is 6.92 Å². The summed E-state index contributed by atoms with van der Waals surface area (Å²) in [6, 6.07) is 11.5. The summed E-state index contributed by atoms with van der Waals surface area (Å²) < 4.78 is 16.9. The molecule has 0 aliphatic carbocycles. The molecule has 2 aromatic carbocycles. The zero-order valence-electron chi connectivity index (χ0n) is 14.2. The predicted molar refractivity (Wildman–Crippen MR) is 99.0 cm³/mol. The molecule has 1 N–H and O–H groups in total. The number of nitrogens with zero attached hydrogens (tertiary/aromatic N) is 2. The van der Waals surface area contributed by atoms with Gasteiger partial charge in [-0.15, -0.1) is 0 Å². The minimum Gasteiger partial charge on any atom is -0.493 e. The second kappa shape index (κ2) is 7.57. The van der Waals surface area contributed by atoms with E-state index in [4.69, 9.17) is 14.0 Å². The van der Waals surface area contributed by atoms with Crippen molar-refractivity contribution in [1.29, 1.82) is 0 Å². The van der Waals surface area contributed by atoms with Crippen LogP contribution in [0.2, 0.25) is 0 Å². The van der Waals surface area contributed by atoms with Crippen molar-refractivity contribution in [2.24, 2.45) is 0 Å². The van der Waals surface area contributed by atoms with Crippen LogP contribution in [0.5, 0.6) is 11.5 Å². The number of rotatable bonds is 6. The summed E-state index contributed by atoms with van der Waals surface area (Å²) in [5.41, 5.74) is 2.94. The number of anilines is 1. The van der Waals surface area contributed by atoms with Crippen LogP contribution in [0.15, 0.2) is 45.4 Å². The van der Waals surface area contributed by atoms with Crippen LogP contribution < -0.4 is 14.8 Å². The highest BCUT2D eigenvalue weighted by Crippen LogP contribution is 2.31. The third-order valence-electron chi connectivity index (χ3n) is 3.71. The summed E-state index contributed by atoms with van der Waals surface area (Å²) in [7, 11) is 3.19. The molecule has 0 fully saturated rings. The van der Waals surface area contributed by atoms with Gasteiger partial charge in [-0.25, -0.2) is 0 Å². The van der Waals surface area contributed by atoms with Gasteiger partial charge in [0, 0.05) is 15.7 Å². The zero-order chi connectivity index (χ0) is 17.8. The highest BCUT2D eigenvalue weighted by atomic mass is 79.9. The summed E-state index contributed by atoms with van der Waals surface area (Å²) in [5.74, 6) is 2.28. The molecule has 6 nitrogen and oxygen atoms in total. The van der Waals surface area contributed by atoms with Crippen molar-refractivity contribution in [3.8, 4) is 22.9 Å². The number of hydrogen-bond donors (Lipinski definition) is 1. The molecule has 3 aromatic rings. The third-order valence-corrected chi connectivity index (χ3v) is 4.60. The van der Waals surface area contributed by atoms with Crippen molar-refractivity contribution < 1.29 is 14.0 Å². The van der Waals surface area contributed by atoms with Crippen molar-refractivity contribution in [2.45, 2.75) is 13.5 Å². The van der Waals surface area contributed by atoms with E-state index in [0.717, 1.165) is 21.3 Å². The highest BCUT2D eigenvalue weighted by molar-refractivity contribution is 9.10. The molecular weight excluding hydrogens is 386 g/mol. The molecule has 0 saturated heterocycles. The average Bonchev–Trinajstić information content (AvgIpc) is 3.11. The average molecular weight is 404 g/mol. The molecule has 0 spiro atoms. The van der Waals surface area contributed by atoms with Crippen molar-refractivity contribution in [3.63, 3.8) is 0 Å². The Morgan fingerprint density at radius 3 is 2.60 bits per heavy atom. The number of aromatic nitrogens is 2.